The highest BCUT2D eigenvalue weighted by Crippen LogP contribution is 2.40. The quantitative estimate of drug-likeness (QED) is 0.269. The zero-order chi connectivity index (χ0) is 22.7. The predicted octanol–water partition coefficient (Wildman–Crippen LogP) is 6.99. The van der Waals surface area contributed by atoms with Crippen molar-refractivity contribution >= 4 is 69.2 Å². The highest BCUT2D eigenvalue weighted by molar-refractivity contribution is 8.27. The fourth-order valence-electron chi connectivity index (χ4n) is 3.12. The van der Waals surface area contributed by atoms with E-state index in [1.165, 1.54) is 16.7 Å². The highest BCUT2D eigenvalue weighted by atomic mass is 35.5. The number of carbonyl (C=O) groups is 1. The average Bonchev–Trinajstić information content (AvgIpc) is 3.06. The lowest BCUT2D eigenvalue weighted by Crippen LogP contribution is -2.27. The van der Waals surface area contributed by atoms with Crippen LogP contribution < -0.4 is 14.4 Å². The Morgan fingerprint density at radius 2 is 1.78 bits per heavy atom. The Morgan fingerprint density at radius 1 is 1.06 bits per heavy atom. The fraction of sp³-hybridized carbons (Fsp3) is 0.0833. The van der Waals surface area contributed by atoms with Crippen molar-refractivity contribution in [2.45, 2.75) is 6.61 Å². The van der Waals surface area contributed by atoms with Gasteiger partial charge in [-0.15, -0.1) is 0 Å². The molecule has 0 atom stereocenters. The van der Waals surface area contributed by atoms with Crippen LogP contribution >= 0.6 is 47.2 Å². The molecule has 1 aliphatic heterocycles. The summed E-state index contributed by atoms with van der Waals surface area (Å²) in [6.07, 6.45) is 1.74. The van der Waals surface area contributed by atoms with Crippen molar-refractivity contribution in [1.29, 1.82) is 0 Å². The summed E-state index contributed by atoms with van der Waals surface area (Å²) < 4.78 is 11.8. The van der Waals surface area contributed by atoms with Gasteiger partial charge in [-0.3, -0.25) is 9.69 Å². The Kier molecular flexibility index (Phi) is 7.06. The van der Waals surface area contributed by atoms with Gasteiger partial charge in [-0.2, -0.15) is 0 Å². The number of rotatable bonds is 6. The van der Waals surface area contributed by atoms with E-state index in [0.29, 0.717) is 48.6 Å². The maximum absolute atomic E-state index is 13.0. The van der Waals surface area contributed by atoms with Gasteiger partial charge in [0, 0.05) is 5.02 Å². The first kappa shape index (κ1) is 22.7. The van der Waals surface area contributed by atoms with Crippen molar-refractivity contribution in [3.63, 3.8) is 0 Å². The van der Waals surface area contributed by atoms with Crippen molar-refractivity contribution in [3.8, 4) is 11.5 Å². The second-order valence-electron chi connectivity index (χ2n) is 6.80. The van der Waals surface area contributed by atoms with Gasteiger partial charge in [-0.1, -0.05) is 77.5 Å². The molecule has 0 radical (unpaired) electrons. The van der Waals surface area contributed by atoms with Gasteiger partial charge in [0.2, 0.25) is 0 Å². The van der Waals surface area contributed by atoms with Crippen LogP contribution in [0.15, 0.2) is 71.6 Å². The summed E-state index contributed by atoms with van der Waals surface area (Å²) in [5.41, 5.74) is 2.39. The number of amides is 1. The van der Waals surface area contributed by atoms with E-state index in [-0.39, 0.29) is 5.91 Å². The van der Waals surface area contributed by atoms with Crippen LogP contribution in [0.2, 0.25) is 10.0 Å². The Hall–Kier alpha value is -2.51. The third-order valence-electron chi connectivity index (χ3n) is 4.65. The van der Waals surface area contributed by atoms with Gasteiger partial charge in [0.1, 0.15) is 6.61 Å². The van der Waals surface area contributed by atoms with E-state index in [4.69, 9.17) is 44.9 Å². The monoisotopic (exact) mass is 501 g/mol. The van der Waals surface area contributed by atoms with E-state index in [9.17, 15) is 4.79 Å². The number of hydrogen-bond donors (Lipinski definition) is 0. The summed E-state index contributed by atoms with van der Waals surface area (Å²) in [6.45, 7) is 0.357. The van der Waals surface area contributed by atoms with Gasteiger partial charge in [0.15, 0.2) is 15.8 Å². The van der Waals surface area contributed by atoms with Gasteiger partial charge in [-0.25, -0.2) is 0 Å². The zero-order valence-corrected chi connectivity index (χ0v) is 20.0. The van der Waals surface area contributed by atoms with E-state index < -0.39 is 0 Å². The molecule has 1 aliphatic rings. The molecule has 4 nitrogen and oxygen atoms in total. The molecule has 3 aromatic carbocycles. The molecule has 0 spiro atoms. The Morgan fingerprint density at radius 3 is 2.47 bits per heavy atom. The number of thiocarbonyl (C=S) groups is 1. The fourth-order valence-corrected chi connectivity index (χ4v) is 4.82. The summed E-state index contributed by atoms with van der Waals surface area (Å²) in [5.74, 6) is 0.721. The minimum atomic E-state index is -0.207. The lowest BCUT2D eigenvalue weighted by atomic mass is 10.1. The Bertz CT molecular complexity index is 1200. The largest absolute Gasteiger partial charge is 0.493 e. The number of nitrogens with zero attached hydrogens (tertiary/aromatic N) is 1. The number of thioether (sulfide) groups is 1. The predicted molar refractivity (Wildman–Crippen MR) is 136 cm³/mol. The number of ether oxygens (including phenoxy) is 2. The molecule has 1 amide bonds. The van der Waals surface area contributed by atoms with Crippen molar-refractivity contribution in [2.24, 2.45) is 0 Å². The Labute approximate surface area is 205 Å². The van der Waals surface area contributed by atoms with Crippen LogP contribution in [0.3, 0.4) is 0 Å². The van der Waals surface area contributed by atoms with Gasteiger partial charge >= 0.3 is 0 Å². The molecular weight excluding hydrogens is 485 g/mol. The molecule has 4 rings (SSSR count). The molecule has 32 heavy (non-hydrogen) atoms. The second-order valence-corrected chi connectivity index (χ2v) is 9.32. The van der Waals surface area contributed by atoms with Crippen LogP contribution in [0.5, 0.6) is 11.5 Å². The maximum atomic E-state index is 13.0. The average molecular weight is 502 g/mol. The summed E-state index contributed by atoms with van der Waals surface area (Å²) in [7, 11) is 1.55. The van der Waals surface area contributed by atoms with Gasteiger partial charge < -0.3 is 9.47 Å². The number of benzene rings is 3. The smallest absolute Gasteiger partial charge is 0.270 e. The SMILES string of the molecule is COc1cc(/C=C2/SC(=S)N(c3ccc(Cl)cc3)C2=O)cc(Cl)c1OCc1ccccc1. The van der Waals surface area contributed by atoms with Crippen molar-refractivity contribution in [2.75, 3.05) is 12.0 Å². The van der Waals surface area contributed by atoms with Crippen LogP contribution in [0.1, 0.15) is 11.1 Å². The number of carbonyl (C=O) groups excluding carboxylic acids is 1. The normalized spacial score (nSPS) is 14.8. The molecule has 162 valence electrons. The minimum absolute atomic E-state index is 0.207. The topological polar surface area (TPSA) is 38.8 Å². The molecule has 0 unspecified atom stereocenters. The second kappa shape index (κ2) is 9.96. The molecule has 0 saturated carbocycles. The summed E-state index contributed by atoms with van der Waals surface area (Å²) >= 11 is 19.1. The van der Waals surface area contributed by atoms with E-state index in [0.717, 1.165) is 5.56 Å². The van der Waals surface area contributed by atoms with Crippen molar-refractivity contribution in [3.05, 3.63) is 92.8 Å². The number of anilines is 1. The molecule has 0 aromatic heterocycles. The van der Waals surface area contributed by atoms with Crippen LogP contribution in [0.4, 0.5) is 5.69 Å². The third kappa shape index (κ3) is 4.94. The van der Waals surface area contributed by atoms with Crippen molar-refractivity contribution in [1.82, 2.24) is 0 Å². The van der Waals surface area contributed by atoms with Crippen LogP contribution in [-0.2, 0) is 11.4 Å². The zero-order valence-electron chi connectivity index (χ0n) is 16.9. The van der Waals surface area contributed by atoms with Gasteiger partial charge in [0.05, 0.1) is 22.7 Å². The lowest BCUT2D eigenvalue weighted by Gasteiger charge is -2.14. The molecule has 1 saturated heterocycles. The minimum Gasteiger partial charge on any atom is -0.493 e. The first-order chi connectivity index (χ1) is 15.5. The summed E-state index contributed by atoms with van der Waals surface area (Å²) in [6, 6.07) is 20.2. The molecule has 0 N–H and O–H groups in total. The first-order valence-corrected chi connectivity index (χ1v) is 11.5. The van der Waals surface area contributed by atoms with Crippen LogP contribution in [0.25, 0.3) is 6.08 Å². The highest BCUT2D eigenvalue weighted by Gasteiger charge is 2.33. The molecule has 8 heteroatoms. The van der Waals surface area contributed by atoms with Gasteiger partial charge in [0.25, 0.3) is 5.91 Å². The van der Waals surface area contributed by atoms with E-state index in [1.807, 2.05) is 30.3 Å². The maximum Gasteiger partial charge on any atom is 0.270 e. The number of hydrogen-bond acceptors (Lipinski definition) is 5. The van der Waals surface area contributed by atoms with Crippen LogP contribution in [-0.4, -0.2) is 17.3 Å². The third-order valence-corrected chi connectivity index (χ3v) is 6.49. The van der Waals surface area contributed by atoms with Gasteiger partial charge in [-0.05, 0) is 53.6 Å². The summed E-state index contributed by atoms with van der Waals surface area (Å²) in [4.78, 5) is 15.0. The Balaban J connectivity index is 1.58. The number of halogens is 2. The van der Waals surface area contributed by atoms with E-state index >= 15 is 0 Å². The molecule has 3 aromatic rings. The molecule has 1 fully saturated rings. The lowest BCUT2D eigenvalue weighted by molar-refractivity contribution is -0.113. The van der Waals surface area contributed by atoms with E-state index in [1.54, 1.807) is 49.6 Å². The molecule has 0 bridgehead atoms. The van der Waals surface area contributed by atoms with E-state index in [2.05, 4.69) is 0 Å². The molecular formula is C24H17Cl2NO3S2. The standard InChI is InChI=1S/C24H17Cl2NO3S2/c1-29-20-12-16(11-19(26)22(20)30-14-15-5-3-2-4-6-15)13-21-23(28)27(24(31)32-21)18-9-7-17(25)8-10-18/h2-13H,14H2,1H3/b21-13+. The summed E-state index contributed by atoms with van der Waals surface area (Å²) in [5, 5.41) is 0.978. The number of methoxy groups -OCH3 is 1. The molecule has 1 heterocycles. The first-order valence-electron chi connectivity index (χ1n) is 9.54. The van der Waals surface area contributed by atoms with Crippen LogP contribution in [0, 0.1) is 0 Å². The molecule has 0 aliphatic carbocycles. The van der Waals surface area contributed by atoms with Crippen molar-refractivity contribution < 1.29 is 14.3 Å².